The van der Waals surface area contributed by atoms with Crippen LogP contribution in [-0.4, -0.2) is 14.7 Å². The molecule has 0 bridgehead atoms. The largest absolute Gasteiger partial charge is 0.435 e. The lowest BCUT2D eigenvalue weighted by Gasteiger charge is -2.05. The Morgan fingerprint density at radius 3 is 2.75 bits per heavy atom. The zero-order valence-corrected chi connectivity index (χ0v) is 9.46. The van der Waals surface area contributed by atoms with E-state index in [1.165, 1.54) is 0 Å². The number of hydrogen-bond acceptors (Lipinski definition) is 5. The van der Waals surface area contributed by atoms with Gasteiger partial charge >= 0.3 is 0 Å². The third-order valence-electron chi connectivity index (χ3n) is 1.78. The zero-order chi connectivity index (χ0) is 11.5. The summed E-state index contributed by atoms with van der Waals surface area (Å²) < 4.78 is 12.9. The molecule has 1 amide bonds. The maximum atomic E-state index is 11.1. The van der Waals surface area contributed by atoms with Crippen LogP contribution >= 0.6 is 23.3 Å². The number of amides is 1. The standard InChI is InChI=1S/C9H6ClN3O2S/c10-7-9(13-16-12-7)15-6-4-2-1-3-5(6)8(11)14/h1-4H,(H2,11,14). The minimum Gasteiger partial charge on any atom is -0.435 e. The van der Waals surface area contributed by atoms with E-state index in [0.717, 1.165) is 11.7 Å². The zero-order valence-electron chi connectivity index (χ0n) is 7.88. The molecule has 1 aromatic heterocycles. The summed E-state index contributed by atoms with van der Waals surface area (Å²) in [5, 5.41) is 0.157. The lowest BCUT2D eigenvalue weighted by atomic mass is 10.2. The van der Waals surface area contributed by atoms with Crippen molar-refractivity contribution in [3.63, 3.8) is 0 Å². The van der Waals surface area contributed by atoms with Gasteiger partial charge in [0, 0.05) is 0 Å². The summed E-state index contributed by atoms with van der Waals surface area (Å²) in [6.07, 6.45) is 0. The minimum atomic E-state index is -0.574. The topological polar surface area (TPSA) is 78.1 Å². The average molecular weight is 256 g/mol. The fraction of sp³-hybridized carbons (Fsp3) is 0. The molecule has 0 aliphatic rings. The van der Waals surface area contributed by atoms with Crippen LogP contribution in [0.2, 0.25) is 5.15 Å². The van der Waals surface area contributed by atoms with Crippen LogP contribution in [0, 0.1) is 0 Å². The molecule has 0 aliphatic heterocycles. The number of carbonyl (C=O) groups excluding carboxylic acids is 1. The summed E-state index contributed by atoms with van der Waals surface area (Å²) >= 11 is 6.64. The Morgan fingerprint density at radius 2 is 2.12 bits per heavy atom. The Hall–Kier alpha value is -1.66. The number of primary amides is 1. The maximum absolute atomic E-state index is 11.1. The van der Waals surface area contributed by atoms with E-state index in [0.29, 0.717) is 5.75 Å². The van der Waals surface area contributed by atoms with Crippen LogP contribution in [0.5, 0.6) is 11.6 Å². The molecule has 16 heavy (non-hydrogen) atoms. The number of hydrogen-bond donors (Lipinski definition) is 1. The highest BCUT2D eigenvalue weighted by Crippen LogP contribution is 2.28. The second-order valence-electron chi connectivity index (χ2n) is 2.82. The molecule has 1 aromatic carbocycles. The highest BCUT2D eigenvalue weighted by Gasteiger charge is 2.13. The van der Waals surface area contributed by atoms with Crippen molar-refractivity contribution in [3.8, 4) is 11.6 Å². The molecular weight excluding hydrogens is 250 g/mol. The third kappa shape index (κ3) is 2.12. The molecule has 0 aliphatic carbocycles. The van der Waals surface area contributed by atoms with Gasteiger partial charge in [-0.15, -0.1) is 4.37 Å². The van der Waals surface area contributed by atoms with E-state index < -0.39 is 5.91 Å². The molecule has 5 nitrogen and oxygen atoms in total. The van der Waals surface area contributed by atoms with E-state index in [1.54, 1.807) is 24.3 Å². The van der Waals surface area contributed by atoms with Crippen molar-refractivity contribution in [2.45, 2.75) is 0 Å². The summed E-state index contributed by atoms with van der Waals surface area (Å²) in [5.74, 6) is -0.0973. The molecule has 2 aromatic rings. The first-order chi connectivity index (χ1) is 7.68. The molecule has 1 heterocycles. The van der Waals surface area contributed by atoms with E-state index in [9.17, 15) is 4.79 Å². The fourth-order valence-electron chi connectivity index (χ4n) is 1.09. The van der Waals surface area contributed by atoms with Crippen LogP contribution < -0.4 is 10.5 Å². The van der Waals surface area contributed by atoms with Crippen LogP contribution in [0.15, 0.2) is 24.3 Å². The summed E-state index contributed by atoms with van der Waals surface area (Å²) in [7, 11) is 0. The van der Waals surface area contributed by atoms with Gasteiger partial charge in [0.1, 0.15) is 5.75 Å². The van der Waals surface area contributed by atoms with Gasteiger partial charge < -0.3 is 10.5 Å². The maximum Gasteiger partial charge on any atom is 0.270 e. The van der Waals surface area contributed by atoms with Gasteiger partial charge in [-0.05, 0) is 12.1 Å². The SMILES string of the molecule is NC(=O)c1ccccc1Oc1nsnc1Cl. The van der Waals surface area contributed by atoms with Gasteiger partial charge in [0.25, 0.3) is 11.8 Å². The normalized spacial score (nSPS) is 10.1. The fourth-order valence-corrected chi connectivity index (χ4v) is 1.71. The van der Waals surface area contributed by atoms with Crippen LogP contribution in [0.4, 0.5) is 0 Å². The lowest BCUT2D eigenvalue weighted by Crippen LogP contribution is -2.12. The molecule has 2 N–H and O–H groups in total. The van der Waals surface area contributed by atoms with Gasteiger partial charge in [-0.2, -0.15) is 4.37 Å². The minimum absolute atomic E-state index is 0.157. The first-order valence-corrected chi connectivity index (χ1v) is 5.34. The first kappa shape index (κ1) is 10.8. The number of aromatic nitrogens is 2. The Kier molecular flexibility index (Phi) is 3.02. The van der Waals surface area contributed by atoms with Crippen molar-refractivity contribution in [1.29, 1.82) is 0 Å². The van der Waals surface area contributed by atoms with Crippen LogP contribution in [0.3, 0.4) is 0 Å². The van der Waals surface area contributed by atoms with Crippen molar-refractivity contribution in [2.24, 2.45) is 5.73 Å². The van der Waals surface area contributed by atoms with E-state index in [1.807, 2.05) is 0 Å². The Balaban J connectivity index is 2.35. The number of halogens is 1. The Labute approximate surface area is 100 Å². The van der Waals surface area contributed by atoms with Crippen molar-refractivity contribution in [1.82, 2.24) is 8.75 Å². The summed E-state index contributed by atoms with van der Waals surface area (Å²) in [6.45, 7) is 0. The van der Waals surface area contributed by atoms with Gasteiger partial charge in [-0.3, -0.25) is 4.79 Å². The summed E-state index contributed by atoms with van der Waals surface area (Å²) in [6, 6.07) is 6.57. The number of ether oxygens (including phenoxy) is 1. The first-order valence-electron chi connectivity index (χ1n) is 4.23. The van der Waals surface area contributed by atoms with Crippen molar-refractivity contribution < 1.29 is 9.53 Å². The molecule has 0 saturated carbocycles. The number of nitrogens with zero attached hydrogens (tertiary/aromatic N) is 2. The molecule has 0 fully saturated rings. The van der Waals surface area contributed by atoms with Crippen LogP contribution in [0.1, 0.15) is 10.4 Å². The monoisotopic (exact) mass is 255 g/mol. The van der Waals surface area contributed by atoms with Gasteiger partial charge in [0.15, 0.2) is 0 Å². The smallest absolute Gasteiger partial charge is 0.270 e. The molecule has 2 rings (SSSR count). The summed E-state index contributed by atoms with van der Waals surface area (Å²) in [5.41, 5.74) is 5.47. The van der Waals surface area contributed by atoms with Gasteiger partial charge in [0.2, 0.25) is 5.15 Å². The van der Waals surface area contributed by atoms with Gasteiger partial charge in [-0.1, -0.05) is 23.7 Å². The highest BCUT2D eigenvalue weighted by molar-refractivity contribution is 6.99. The van der Waals surface area contributed by atoms with E-state index in [2.05, 4.69) is 8.75 Å². The molecule has 82 valence electrons. The highest BCUT2D eigenvalue weighted by atomic mass is 35.5. The van der Waals surface area contributed by atoms with Crippen molar-refractivity contribution >= 4 is 29.2 Å². The van der Waals surface area contributed by atoms with Crippen LogP contribution in [0.25, 0.3) is 0 Å². The van der Waals surface area contributed by atoms with E-state index in [4.69, 9.17) is 22.1 Å². The number of benzene rings is 1. The second kappa shape index (κ2) is 4.46. The number of rotatable bonds is 3. The number of para-hydroxylation sites is 1. The number of nitrogens with two attached hydrogens (primary N) is 1. The van der Waals surface area contributed by atoms with E-state index in [-0.39, 0.29) is 16.6 Å². The molecule has 7 heteroatoms. The molecule has 0 atom stereocenters. The lowest BCUT2D eigenvalue weighted by molar-refractivity contribution is 0.0998. The molecular formula is C9H6ClN3O2S. The van der Waals surface area contributed by atoms with E-state index >= 15 is 0 Å². The molecule has 0 unspecified atom stereocenters. The third-order valence-corrected chi connectivity index (χ3v) is 2.64. The van der Waals surface area contributed by atoms with Crippen LogP contribution in [-0.2, 0) is 0 Å². The Bertz CT molecular complexity index is 529. The average Bonchev–Trinajstić information content (AvgIpc) is 2.65. The molecule has 0 spiro atoms. The van der Waals surface area contributed by atoms with Gasteiger partial charge in [0.05, 0.1) is 17.3 Å². The van der Waals surface area contributed by atoms with Crippen molar-refractivity contribution in [2.75, 3.05) is 0 Å². The predicted molar refractivity (Wildman–Crippen MR) is 60.0 cm³/mol. The van der Waals surface area contributed by atoms with Gasteiger partial charge in [-0.25, -0.2) is 0 Å². The molecule has 0 radical (unpaired) electrons. The number of carbonyl (C=O) groups is 1. The quantitative estimate of drug-likeness (QED) is 0.911. The van der Waals surface area contributed by atoms with Crippen molar-refractivity contribution in [3.05, 3.63) is 35.0 Å². The molecule has 0 saturated heterocycles. The summed E-state index contributed by atoms with van der Waals surface area (Å²) in [4.78, 5) is 11.1. The predicted octanol–water partition coefficient (Wildman–Crippen LogP) is 2.08. The Morgan fingerprint density at radius 1 is 1.38 bits per heavy atom. The second-order valence-corrected chi connectivity index (χ2v) is 3.71.